The van der Waals surface area contributed by atoms with Gasteiger partial charge in [0.25, 0.3) is 0 Å². The van der Waals surface area contributed by atoms with Crippen LogP contribution in [0.2, 0.25) is 0 Å². The molecule has 0 fully saturated rings. The maximum absolute atomic E-state index is 5.62. The first-order valence-corrected chi connectivity index (χ1v) is 7.36. The summed E-state index contributed by atoms with van der Waals surface area (Å²) in [5.74, 6) is 2.37. The predicted molar refractivity (Wildman–Crippen MR) is 80.8 cm³/mol. The van der Waals surface area contributed by atoms with E-state index in [0.29, 0.717) is 5.92 Å². The van der Waals surface area contributed by atoms with Gasteiger partial charge in [0.2, 0.25) is 0 Å². The molecule has 0 amide bonds. The predicted octanol–water partition coefficient (Wildman–Crippen LogP) is 3.16. The standard InChI is InChI=1S/C18H19NO2/c1-2-6-15(7-3-1)17(18-9-5-13-21-18)10-11-19-14-16-8-4-12-20-16/h1-9,12-13,17,19H,10-11,14H2/p+1/t17-/m0/s1. The molecule has 1 atom stereocenters. The number of furan rings is 2. The molecule has 108 valence electrons. The van der Waals surface area contributed by atoms with E-state index in [0.717, 1.165) is 31.0 Å². The molecule has 0 aliphatic heterocycles. The minimum atomic E-state index is 0.314. The van der Waals surface area contributed by atoms with E-state index < -0.39 is 0 Å². The second-order valence-corrected chi connectivity index (χ2v) is 5.13. The molecule has 0 aliphatic carbocycles. The molecule has 0 saturated heterocycles. The number of nitrogens with two attached hydrogens (primary N) is 1. The highest BCUT2D eigenvalue weighted by molar-refractivity contribution is 5.26. The van der Waals surface area contributed by atoms with Gasteiger partial charge in [-0.15, -0.1) is 0 Å². The third-order valence-electron chi connectivity index (χ3n) is 3.67. The summed E-state index contributed by atoms with van der Waals surface area (Å²) in [5.41, 5.74) is 1.30. The molecule has 0 unspecified atom stereocenters. The van der Waals surface area contributed by atoms with Crippen LogP contribution in [0.5, 0.6) is 0 Å². The maximum Gasteiger partial charge on any atom is 0.157 e. The number of hydrogen-bond donors (Lipinski definition) is 1. The molecule has 0 spiro atoms. The molecule has 0 radical (unpaired) electrons. The summed E-state index contributed by atoms with van der Waals surface area (Å²) in [6.07, 6.45) is 4.51. The molecule has 2 N–H and O–H groups in total. The van der Waals surface area contributed by atoms with Crippen LogP contribution in [0.25, 0.3) is 0 Å². The lowest BCUT2D eigenvalue weighted by Gasteiger charge is -2.14. The molecule has 3 rings (SSSR count). The fourth-order valence-corrected chi connectivity index (χ4v) is 2.61. The molecule has 21 heavy (non-hydrogen) atoms. The highest BCUT2D eigenvalue weighted by atomic mass is 16.3. The van der Waals surface area contributed by atoms with Crippen molar-refractivity contribution in [2.24, 2.45) is 0 Å². The number of benzene rings is 1. The summed E-state index contributed by atoms with van der Waals surface area (Å²) < 4.78 is 11.0. The molecular weight excluding hydrogens is 262 g/mol. The van der Waals surface area contributed by atoms with Crippen molar-refractivity contribution in [3.05, 3.63) is 84.2 Å². The SMILES string of the molecule is c1ccc([C@H](CC[NH2+]Cc2ccco2)c2ccco2)cc1. The first kappa shape index (κ1) is 13.7. The summed E-state index contributed by atoms with van der Waals surface area (Å²) in [6.45, 7) is 1.91. The number of hydrogen-bond acceptors (Lipinski definition) is 2. The normalized spacial score (nSPS) is 12.4. The van der Waals surface area contributed by atoms with E-state index in [9.17, 15) is 0 Å². The van der Waals surface area contributed by atoms with Crippen molar-refractivity contribution >= 4 is 0 Å². The summed E-state index contributed by atoms with van der Waals surface area (Å²) in [5, 5.41) is 2.28. The van der Waals surface area contributed by atoms with Crippen molar-refractivity contribution in [1.82, 2.24) is 0 Å². The minimum absolute atomic E-state index is 0.314. The lowest BCUT2D eigenvalue weighted by molar-refractivity contribution is -0.672. The molecule has 1 aromatic carbocycles. The zero-order valence-electron chi connectivity index (χ0n) is 11.9. The van der Waals surface area contributed by atoms with Gasteiger partial charge in [0, 0.05) is 12.3 Å². The van der Waals surface area contributed by atoms with E-state index in [2.05, 4.69) is 35.6 Å². The van der Waals surface area contributed by atoms with Gasteiger partial charge in [-0.2, -0.15) is 0 Å². The van der Waals surface area contributed by atoms with E-state index in [1.165, 1.54) is 5.56 Å². The second-order valence-electron chi connectivity index (χ2n) is 5.13. The molecule has 0 aliphatic rings. The lowest BCUT2D eigenvalue weighted by atomic mass is 9.93. The Bertz CT molecular complexity index is 615. The van der Waals surface area contributed by atoms with Crippen molar-refractivity contribution in [3.63, 3.8) is 0 Å². The van der Waals surface area contributed by atoms with Gasteiger partial charge in [0.1, 0.15) is 12.3 Å². The van der Waals surface area contributed by atoms with Gasteiger partial charge in [-0.25, -0.2) is 0 Å². The van der Waals surface area contributed by atoms with Gasteiger partial charge in [0.15, 0.2) is 5.76 Å². The van der Waals surface area contributed by atoms with E-state index in [1.54, 1.807) is 12.5 Å². The highest BCUT2D eigenvalue weighted by Gasteiger charge is 2.17. The zero-order chi connectivity index (χ0) is 14.3. The van der Waals surface area contributed by atoms with Crippen molar-refractivity contribution < 1.29 is 14.2 Å². The van der Waals surface area contributed by atoms with Crippen LogP contribution >= 0.6 is 0 Å². The first-order valence-electron chi connectivity index (χ1n) is 7.36. The van der Waals surface area contributed by atoms with Crippen molar-refractivity contribution in [2.75, 3.05) is 6.54 Å². The Kier molecular flexibility index (Phi) is 4.54. The minimum Gasteiger partial charge on any atom is -0.469 e. The Morgan fingerprint density at radius 2 is 1.67 bits per heavy atom. The molecule has 0 saturated carbocycles. The summed E-state index contributed by atoms with van der Waals surface area (Å²) in [6, 6.07) is 18.5. The highest BCUT2D eigenvalue weighted by Crippen LogP contribution is 2.27. The van der Waals surface area contributed by atoms with Crippen LogP contribution in [0, 0.1) is 0 Å². The van der Waals surface area contributed by atoms with Crippen LogP contribution in [0.3, 0.4) is 0 Å². The quantitative estimate of drug-likeness (QED) is 0.676. The lowest BCUT2D eigenvalue weighted by Crippen LogP contribution is -2.82. The van der Waals surface area contributed by atoms with E-state index in [-0.39, 0.29) is 0 Å². The maximum atomic E-state index is 5.62. The fraction of sp³-hybridized carbons (Fsp3) is 0.222. The fourth-order valence-electron chi connectivity index (χ4n) is 2.61. The van der Waals surface area contributed by atoms with Crippen LogP contribution in [0.1, 0.15) is 29.4 Å². The monoisotopic (exact) mass is 282 g/mol. The Hall–Kier alpha value is -2.26. The third kappa shape index (κ3) is 3.64. The summed E-state index contributed by atoms with van der Waals surface area (Å²) >= 11 is 0. The summed E-state index contributed by atoms with van der Waals surface area (Å²) in [7, 11) is 0. The van der Waals surface area contributed by atoms with Gasteiger partial charge in [-0.1, -0.05) is 30.3 Å². The largest absolute Gasteiger partial charge is 0.469 e. The van der Waals surface area contributed by atoms with Crippen molar-refractivity contribution in [3.8, 4) is 0 Å². The zero-order valence-corrected chi connectivity index (χ0v) is 11.9. The molecule has 2 heterocycles. The van der Waals surface area contributed by atoms with E-state index >= 15 is 0 Å². The average molecular weight is 282 g/mol. The Balaban J connectivity index is 1.61. The van der Waals surface area contributed by atoms with Crippen LogP contribution in [-0.2, 0) is 6.54 Å². The molecule has 0 bridgehead atoms. The van der Waals surface area contributed by atoms with E-state index in [4.69, 9.17) is 8.83 Å². The smallest absolute Gasteiger partial charge is 0.157 e. The van der Waals surface area contributed by atoms with E-state index in [1.807, 2.05) is 24.3 Å². The summed E-state index contributed by atoms with van der Waals surface area (Å²) in [4.78, 5) is 0. The Labute approximate surface area is 124 Å². The Morgan fingerprint density at radius 1 is 0.857 bits per heavy atom. The van der Waals surface area contributed by atoms with Crippen LogP contribution in [0.4, 0.5) is 0 Å². The van der Waals surface area contributed by atoms with Crippen LogP contribution in [-0.4, -0.2) is 6.54 Å². The van der Waals surface area contributed by atoms with Gasteiger partial charge in [-0.05, 0) is 29.8 Å². The molecule has 2 aromatic heterocycles. The molecule has 3 aromatic rings. The van der Waals surface area contributed by atoms with Crippen LogP contribution in [0.15, 0.2) is 76.0 Å². The first-order chi connectivity index (χ1) is 10.4. The second kappa shape index (κ2) is 6.95. The van der Waals surface area contributed by atoms with Crippen LogP contribution < -0.4 is 5.32 Å². The third-order valence-corrected chi connectivity index (χ3v) is 3.67. The van der Waals surface area contributed by atoms with Gasteiger partial charge >= 0.3 is 0 Å². The van der Waals surface area contributed by atoms with Gasteiger partial charge < -0.3 is 14.2 Å². The average Bonchev–Trinajstić information content (AvgIpc) is 3.21. The molecule has 3 nitrogen and oxygen atoms in total. The number of quaternary nitrogens is 1. The topological polar surface area (TPSA) is 42.9 Å². The van der Waals surface area contributed by atoms with Gasteiger partial charge in [0.05, 0.1) is 19.1 Å². The van der Waals surface area contributed by atoms with Gasteiger partial charge in [-0.3, -0.25) is 0 Å². The molecule has 3 heteroatoms. The number of rotatable bonds is 7. The van der Waals surface area contributed by atoms with Crippen molar-refractivity contribution in [2.45, 2.75) is 18.9 Å². The Morgan fingerprint density at radius 3 is 2.38 bits per heavy atom. The van der Waals surface area contributed by atoms with Crippen molar-refractivity contribution in [1.29, 1.82) is 0 Å². The molecular formula is C18H20NO2+.